The molecule has 0 atom stereocenters. The van der Waals surface area contributed by atoms with Crippen LogP contribution in [0.4, 0.5) is 5.69 Å². The van der Waals surface area contributed by atoms with Crippen LogP contribution in [0.15, 0.2) is 77.6 Å². The van der Waals surface area contributed by atoms with Gasteiger partial charge in [0.05, 0.1) is 34.4 Å². The molecule has 0 bridgehead atoms. The van der Waals surface area contributed by atoms with Gasteiger partial charge in [-0.15, -0.1) is 11.6 Å². The van der Waals surface area contributed by atoms with Crippen molar-refractivity contribution in [3.63, 3.8) is 0 Å². The largest absolute Gasteiger partial charge is 0.462 e. The average molecular weight is 632 g/mol. The molecule has 0 aliphatic carbocycles. The minimum Gasteiger partial charge on any atom is -0.462 e. The Morgan fingerprint density at radius 2 is 1.50 bits per heavy atom. The Balaban J connectivity index is 0.00000158. The summed E-state index contributed by atoms with van der Waals surface area (Å²) in [5, 5.41) is 1.49. The third-order valence-electron chi connectivity index (χ3n) is 6.86. The Labute approximate surface area is 259 Å². The van der Waals surface area contributed by atoms with E-state index in [1.807, 2.05) is 59.5 Å². The smallest absolute Gasteiger partial charge is 0.345 e. The molecular weight excluding hydrogens is 599 g/mol. The summed E-state index contributed by atoms with van der Waals surface area (Å²) < 4.78 is 7.00. The molecule has 3 aromatic carbocycles. The van der Waals surface area contributed by atoms with Crippen LogP contribution in [0.5, 0.6) is 0 Å². The highest BCUT2D eigenvalue weighted by molar-refractivity contribution is 6.42. The predicted octanol–water partition coefficient (Wildman–Crippen LogP) is 6.51. The lowest BCUT2D eigenvalue weighted by atomic mass is 10.0. The van der Waals surface area contributed by atoms with Crippen molar-refractivity contribution in [2.24, 2.45) is 0 Å². The number of carbonyl (C=O) groups excluding carboxylic acids is 2. The predicted molar refractivity (Wildman–Crippen MR) is 171 cm³/mol. The van der Waals surface area contributed by atoms with Crippen LogP contribution in [0.3, 0.4) is 0 Å². The lowest BCUT2D eigenvalue weighted by Crippen LogP contribution is -2.49. The van der Waals surface area contributed by atoms with Gasteiger partial charge < -0.3 is 25.3 Å². The molecule has 3 N–H and O–H groups in total. The number of carbonyl (C=O) groups is 2. The number of anilines is 1. The second kappa shape index (κ2) is 15.1. The SMILES string of the molecule is CCOC(=O)c1c(N2CCN(C(=O)c3ccc(Cl)c(Cl)c3)CC2)c2ccccc2n(Cc2ccccc2)c1=O.CCl.N. The van der Waals surface area contributed by atoms with E-state index in [2.05, 4.69) is 11.6 Å². The summed E-state index contributed by atoms with van der Waals surface area (Å²) >= 11 is 16.8. The number of halogens is 3. The van der Waals surface area contributed by atoms with Gasteiger partial charge in [-0.3, -0.25) is 9.59 Å². The van der Waals surface area contributed by atoms with Crippen molar-refractivity contribution in [1.29, 1.82) is 0 Å². The minimum absolute atomic E-state index is 0. The summed E-state index contributed by atoms with van der Waals surface area (Å²) in [4.78, 5) is 44.0. The molecule has 42 heavy (non-hydrogen) atoms. The summed E-state index contributed by atoms with van der Waals surface area (Å²) in [7, 11) is 0. The van der Waals surface area contributed by atoms with Gasteiger partial charge in [-0.1, -0.05) is 71.7 Å². The Hall–Kier alpha value is -3.56. The molecule has 1 saturated heterocycles. The quantitative estimate of drug-likeness (QED) is 0.192. The van der Waals surface area contributed by atoms with Gasteiger partial charge in [0.2, 0.25) is 0 Å². The number of fused-ring (bicyclic) bond motifs is 1. The van der Waals surface area contributed by atoms with Gasteiger partial charge in [0.1, 0.15) is 5.56 Å². The maximum atomic E-state index is 13.9. The molecular formula is C31H33Cl3N4O4. The average Bonchev–Trinajstić information content (AvgIpc) is 3.01. The molecule has 0 unspecified atom stereocenters. The summed E-state index contributed by atoms with van der Waals surface area (Å²) in [5.74, 6) is -0.804. The first-order valence-electron chi connectivity index (χ1n) is 13.1. The lowest BCUT2D eigenvalue weighted by molar-refractivity contribution is 0.0523. The third-order valence-corrected chi connectivity index (χ3v) is 7.60. The van der Waals surface area contributed by atoms with E-state index in [-0.39, 0.29) is 24.2 Å². The molecule has 222 valence electrons. The topological polar surface area (TPSA) is 107 Å². The molecule has 1 aliphatic heterocycles. The van der Waals surface area contributed by atoms with Crippen LogP contribution >= 0.6 is 34.8 Å². The highest BCUT2D eigenvalue weighted by atomic mass is 35.5. The zero-order valence-electron chi connectivity index (χ0n) is 23.5. The van der Waals surface area contributed by atoms with E-state index in [1.165, 1.54) is 6.38 Å². The van der Waals surface area contributed by atoms with Crippen molar-refractivity contribution < 1.29 is 14.3 Å². The molecule has 0 spiro atoms. The number of para-hydroxylation sites is 1. The molecule has 11 heteroatoms. The van der Waals surface area contributed by atoms with Gasteiger partial charge in [0, 0.05) is 43.5 Å². The number of benzene rings is 3. The molecule has 1 aromatic heterocycles. The molecule has 1 fully saturated rings. The van der Waals surface area contributed by atoms with Crippen LogP contribution < -0.4 is 16.6 Å². The fraction of sp³-hybridized carbons (Fsp3) is 0.258. The van der Waals surface area contributed by atoms with E-state index in [1.54, 1.807) is 34.6 Å². The Morgan fingerprint density at radius 3 is 2.14 bits per heavy atom. The highest BCUT2D eigenvalue weighted by Gasteiger charge is 2.30. The molecule has 0 saturated carbocycles. The number of piperazine rings is 1. The van der Waals surface area contributed by atoms with E-state index < -0.39 is 11.5 Å². The van der Waals surface area contributed by atoms with Crippen molar-refractivity contribution in [2.45, 2.75) is 13.5 Å². The monoisotopic (exact) mass is 630 g/mol. The zero-order valence-corrected chi connectivity index (χ0v) is 25.8. The van der Waals surface area contributed by atoms with Crippen molar-refractivity contribution in [1.82, 2.24) is 15.6 Å². The molecule has 8 nitrogen and oxygen atoms in total. The van der Waals surface area contributed by atoms with E-state index >= 15 is 0 Å². The Bertz CT molecular complexity index is 1600. The third kappa shape index (κ3) is 6.90. The number of ether oxygens (including phenoxy) is 1. The van der Waals surface area contributed by atoms with Crippen LogP contribution in [0.1, 0.15) is 33.2 Å². The fourth-order valence-corrected chi connectivity index (χ4v) is 5.27. The van der Waals surface area contributed by atoms with E-state index in [0.717, 1.165) is 16.5 Å². The number of hydrogen-bond acceptors (Lipinski definition) is 6. The summed E-state index contributed by atoms with van der Waals surface area (Å²) in [6, 6.07) is 22.1. The van der Waals surface area contributed by atoms with Crippen LogP contribution in [-0.2, 0) is 11.3 Å². The maximum Gasteiger partial charge on any atom is 0.345 e. The Morgan fingerprint density at radius 1 is 0.857 bits per heavy atom. The number of esters is 1. The van der Waals surface area contributed by atoms with Gasteiger partial charge in [-0.05, 0) is 36.8 Å². The number of amides is 1. The summed E-state index contributed by atoms with van der Waals surface area (Å²) in [6.07, 6.45) is 1.47. The zero-order chi connectivity index (χ0) is 29.5. The van der Waals surface area contributed by atoms with Crippen LogP contribution in [-0.4, -0.2) is 60.5 Å². The van der Waals surface area contributed by atoms with E-state index in [9.17, 15) is 14.4 Å². The molecule has 1 amide bonds. The number of pyridine rings is 1. The van der Waals surface area contributed by atoms with Crippen LogP contribution in [0.2, 0.25) is 10.0 Å². The second-order valence-electron chi connectivity index (χ2n) is 9.25. The van der Waals surface area contributed by atoms with Gasteiger partial charge >= 0.3 is 5.97 Å². The molecule has 0 radical (unpaired) electrons. The number of nitrogens with zero attached hydrogens (tertiary/aromatic N) is 3. The number of aromatic nitrogens is 1. The Kier molecular flexibility index (Phi) is 11.8. The van der Waals surface area contributed by atoms with Gasteiger partial charge in [-0.2, -0.15) is 0 Å². The molecule has 1 aliphatic rings. The van der Waals surface area contributed by atoms with E-state index in [4.69, 9.17) is 27.9 Å². The minimum atomic E-state index is -0.653. The number of rotatable bonds is 6. The first-order valence-corrected chi connectivity index (χ1v) is 14.6. The molecule has 4 aromatic rings. The van der Waals surface area contributed by atoms with Gasteiger partial charge in [-0.25, -0.2) is 4.79 Å². The summed E-state index contributed by atoms with van der Waals surface area (Å²) in [6.45, 7) is 3.87. The molecule has 2 heterocycles. The number of alkyl halides is 1. The first-order chi connectivity index (χ1) is 19.9. The van der Waals surface area contributed by atoms with Crippen LogP contribution in [0.25, 0.3) is 10.9 Å². The van der Waals surface area contributed by atoms with Crippen molar-refractivity contribution in [2.75, 3.05) is 44.1 Å². The van der Waals surface area contributed by atoms with Crippen molar-refractivity contribution >= 4 is 63.3 Å². The molecule has 5 rings (SSSR count). The van der Waals surface area contributed by atoms with Crippen molar-refractivity contribution in [3.8, 4) is 0 Å². The normalized spacial score (nSPS) is 12.7. The van der Waals surface area contributed by atoms with Gasteiger partial charge in [0.25, 0.3) is 11.5 Å². The number of hydrogen-bond donors (Lipinski definition) is 1. The van der Waals surface area contributed by atoms with Crippen molar-refractivity contribution in [3.05, 3.63) is 110 Å². The van der Waals surface area contributed by atoms with Crippen LogP contribution in [0, 0.1) is 0 Å². The summed E-state index contributed by atoms with van der Waals surface area (Å²) in [5.41, 5.74) is 2.28. The van der Waals surface area contributed by atoms with Gasteiger partial charge in [0.15, 0.2) is 0 Å². The highest BCUT2D eigenvalue weighted by Crippen LogP contribution is 2.31. The first kappa shape index (κ1) is 32.9. The van der Waals surface area contributed by atoms with E-state index in [0.29, 0.717) is 54.0 Å². The lowest BCUT2D eigenvalue weighted by Gasteiger charge is -2.37. The standard InChI is InChI=1S/C30H27Cl2N3O4.CH3Cl.H3N/c1-2-39-30(38)26-27(33-14-16-34(17-15-33)28(36)21-12-13-23(31)24(32)18-21)22-10-6-7-11-25(22)35(29(26)37)19-20-8-4-3-5-9-20;1-2;/h3-13,18H,2,14-17,19H2,1H3;1H3;1H3. The second-order valence-corrected chi connectivity index (χ2v) is 10.1. The fourth-order valence-electron chi connectivity index (χ4n) is 4.97. The maximum absolute atomic E-state index is 13.9.